The van der Waals surface area contributed by atoms with E-state index in [-0.39, 0.29) is 11.8 Å². The predicted molar refractivity (Wildman–Crippen MR) is 96.0 cm³/mol. The Morgan fingerprint density at radius 2 is 2.31 bits per heavy atom. The van der Waals surface area contributed by atoms with Crippen molar-refractivity contribution in [3.63, 3.8) is 0 Å². The van der Waals surface area contributed by atoms with E-state index < -0.39 is 5.60 Å². The number of nitrogens with one attached hydrogen (secondary N) is 1. The Hall–Kier alpha value is -2.61. The molecule has 1 atom stereocenters. The summed E-state index contributed by atoms with van der Waals surface area (Å²) >= 11 is 1.45. The molecule has 7 nitrogen and oxygen atoms in total. The second-order valence-electron chi connectivity index (χ2n) is 6.66. The van der Waals surface area contributed by atoms with Gasteiger partial charge < -0.3 is 19.5 Å². The van der Waals surface area contributed by atoms with Gasteiger partial charge in [0, 0.05) is 19.4 Å². The molecule has 0 aromatic carbocycles. The van der Waals surface area contributed by atoms with Crippen molar-refractivity contribution in [1.82, 2.24) is 10.2 Å². The molecule has 0 radical (unpaired) electrons. The normalized spacial score (nSPS) is 21.7. The van der Waals surface area contributed by atoms with Crippen LogP contribution in [0.4, 0.5) is 0 Å². The van der Waals surface area contributed by atoms with Gasteiger partial charge in [-0.05, 0) is 36.1 Å². The molecule has 1 spiro atoms. The Bertz CT molecular complexity index is 858. The van der Waals surface area contributed by atoms with Crippen molar-refractivity contribution in [3.05, 3.63) is 46.0 Å². The lowest BCUT2D eigenvalue weighted by Gasteiger charge is -2.21. The van der Waals surface area contributed by atoms with Gasteiger partial charge in [-0.1, -0.05) is 5.16 Å². The number of thiophene rings is 1. The van der Waals surface area contributed by atoms with Gasteiger partial charge in [0.1, 0.15) is 11.5 Å². The maximum absolute atomic E-state index is 12.7. The second kappa shape index (κ2) is 6.60. The zero-order valence-electron chi connectivity index (χ0n) is 14.4. The minimum Gasteiger partial charge on any atom is -0.467 e. The van der Waals surface area contributed by atoms with E-state index in [2.05, 4.69) is 10.5 Å². The van der Waals surface area contributed by atoms with E-state index in [1.165, 1.54) is 11.3 Å². The number of furan rings is 1. The number of hydrogen-bond donors (Lipinski definition) is 1. The molecule has 1 saturated heterocycles. The van der Waals surface area contributed by atoms with Crippen LogP contribution >= 0.6 is 11.3 Å². The average molecular weight is 373 g/mol. The van der Waals surface area contributed by atoms with Crippen molar-refractivity contribution in [2.45, 2.75) is 31.9 Å². The van der Waals surface area contributed by atoms with Gasteiger partial charge in [-0.3, -0.25) is 9.59 Å². The van der Waals surface area contributed by atoms with Crippen molar-refractivity contribution in [2.24, 2.45) is 5.16 Å². The van der Waals surface area contributed by atoms with Crippen molar-refractivity contribution in [1.29, 1.82) is 0 Å². The fourth-order valence-electron chi connectivity index (χ4n) is 3.30. The molecule has 2 aliphatic heterocycles. The minimum atomic E-state index is -0.585. The molecule has 0 bridgehead atoms. The highest BCUT2D eigenvalue weighted by atomic mass is 32.1. The maximum atomic E-state index is 12.7. The average Bonchev–Trinajstić information content (AvgIpc) is 3.42. The molecule has 2 aromatic rings. The summed E-state index contributed by atoms with van der Waals surface area (Å²) in [6.45, 7) is 3.29. The molecule has 1 fully saturated rings. The van der Waals surface area contributed by atoms with E-state index in [0.29, 0.717) is 43.9 Å². The van der Waals surface area contributed by atoms with Crippen LogP contribution < -0.4 is 5.32 Å². The summed E-state index contributed by atoms with van der Waals surface area (Å²) in [5.41, 5.74) is 0.763. The third-order valence-corrected chi connectivity index (χ3v) is 5.77. The molecule has 8 heteroatoms. The van der Waals surface area contributed by atoms with Gasteiger partial charge >= 0.3 is 0 Å². The van der Waals surface area contributed by atoms with Crippen LogP contribution in [0.2, 0.25) is 0 Å². The summed E-state index contributed by atoms with van der Waals surface area (Å²) < 4.78 is 5.20. The van der Waals surface area contributed by atoms with Crippen LogP contribution in [0.3, 0.4) is 0 Å². The lowest BCUT2D eigenvalue weighted by molar-refractivity contribution is -0.115. The molecule has 0 aliphatic carbocycles. The quantitative estimate of drug-likeness (QED) is 0.891. The largest absolute Gasteiger partial charge is 0.467 e. The highest BCUT2D eigenvalue weighted by Crippen LogP contribution is 2.35. The Morgan fingerprint density at radius 3 is 3.04 bits per heavy atom. The molecule has 4 heterocycles. The fourth-order valence-corrected chi connectivity index (χ4v) is 4.19. The van der Waals surface area contributed by atoms with Gasteiger partial charge in [-0.25, -0.2) is 0 Å². The molecule has 26 heavy (non-hydrogen) atoms. The summed E-state index contributed by atoms with van der Waals surface area (Å²) in [6.07, 6.45) is 2.64. The van der Waals surface area contributed by atoms with Crippen LogP contribution in [-0.2, 0) is 16.2 Å². The number of nitrogens with zero attached hydrogens (tertiary/aromatic N) is 2. The maximum Gasteiger partial charge on any atom is 0.269 e. The van der Waals surface area contributed by atoms with Crippen LogP contribution in [0.25, 0.3) is 0 Å². The van der Waals surface area contributed by atoms with Gasteiger partial charge in [-0.15, -0.1) is 11.3 Å². The van der Waals surface area contributed by atoms with Crippen LogP contribution in [-0.4, -0.2) is 41.1 Å². The van der Waals surface area contributed by atoms with Crippen molar-refractivity contribution < 1.29 is 18.8 Å². The summed E-state index contributed by atoms with van der Waals surface area (Å²) in [5, 5.41) is 8.68. The van der Waals surface area contributed by atoms with E-state index in [9.17, 15) is 9.59 Å². The molecule has 1 N–H and O–H groups in total. The minimum absolute atomic E-state index is 0.0219. The number of rotatable bonds is 4. The number of carbonyl (C=O) groups is 2. The monoisotopic (exact) mass is 373 g/mol. The standard InChI is InChI=1S/C18H19N3O4S/c1-12-4-8-26-15(12)17(23)21-6-5-18(11-21)9-14(20-25-18)16(22)19-10-13-3-2-7-24-13/h2-4,7-8H,5-6,9-11H2,1H3,(H,19,22)/t18-/m0/s1. The van der Waals surface area contributed by atoms with Crippen LogP contribution in [0.5, 0.6) is 0 Å². The molecule has 2 amide bonds. The number of carbonyl (C=O) groups excluding carboxylic acids is 2. The number of oxime groups is 1. The third kappa shape index (κ3) is 3.12. The van der Waals surface area contributed by atoms with E-state index in [0.717, 1.165) is 10.4 Å². The van der Waals surface area contributed by atoms with Crippen LogP contribution in [0.1, 0.15) is 33.8 Å². The number of amides is 2. The zero-order valence-corrected chi connectivity index (χ0v) is 15.2. The smallest absolute Gasteiger partial charge is 0.269 e. The van der Waals surface area contributed by atoms with Crippen molar-refractivity contribution in [3.8, 4) is 0 Å². The van der Waals surface area contributed by atoms with Gasteiger partial charge in [0.25, 0.3) is 11.8 Å². The molecule has 0 saturated carbocycles. The van der Waals surface area contributed by atoms with Gasteiger partial charge in [0.05, 0.1) is 24.2 Å². The van der Waals surface area contributed by atoms with E-state index in [4.69, 9.17) is 9.25 Å². The first-order chi connectivity index (χ1) is 12.6. The lowest BCUT2D eigenvalue weighted by atomic mass is 9.96. The number of aryl methyl sites for hydroxylation is 1. The van der Waals surface area contributed by atoms with Gasteiger partial charge in [0.15, 0.2) is 5.60 Å². The Balaban J connectivity index is 1.35. The van der Waals surface area contributed by atoms with E-state index >= 15 is 0 Å². The third-order valence-electron chi connectivity index (χ3n) is 4.76. The summed E-state index contributed by atoms with van der Waals surface area (Å²) in [5.74, 6) is 0.433. The number of likely N-dealkylation sites (tertiary alicyclic amines) is 1. The molecular weight excluding hydrogens is 354 g/mol. The highest BCUT2D eigenvalue weighted by Gasteiger charge is 2.48. The summed E-state index contributed by atoms with van der Waals surface area (Å²) in [6, 6.07) is 5.51. The van der Waals surface area contributed by atoms with Crippen molar-refractivity contribution >= 4 is 28.9 Å². The lowest BCUT2D eigenvalue weighted by Crippen LogP contribution is -2.38. The Labute approximate surface area is 154 Å². The van der Waals surface area contributed by atoms with E-state index in [1.54, 1.807) is 23.3 Å². The highest BCUT2D eigenvalue weighted by molar-refractivity contribution is 7.12. The Morgan fingerprint density at radius 1 is 1.42 bits per heavy atom. The molecule has 4 rings (SSSR count). The van der Waals surface area contributed by atoms with Gasteiger partial charge in [-0.2, -0.15) is 0 Å². The molecular formula is C18H19N3O4S. The first-order valence-corrected chi connectivity index (χ1v) is 9.33. The van der Waals surface area contributed by atoms with Crippen LogP contribution in [0, 0.1) is 6.92 Å². The number of hydrogen-bond acceptors (Lipinski definition) is 6. The second-order valence-corrected chi connectivity index (χ2v) is 7.58. The Kier molecular flexibility index (Phi) is 4.28. The summed E-state index contributed by atoms with van der Waals surface area (Å²) in [7, 11) is 0. The SMILES string of the molecule is Cc1ccsc1C(=O)N1CC[C@]2(CC(C(=O)NCc3ccco3)=NO2)C1. The summed E-state index contributed by atoms with van der Waals surface area (Å²) in [4.78, 5) is 33.1. The zero-order chi connectivity index (χ0) is 18.1. The topological polar surface area (TPSA) is 84.1 Å². The van der Waals surface area contributed by atoms with E-state index in [1.807, 2.05) is 18.4 Å². The predicted octanol–water partition coefficient (Wildman–Crippen LogP) is 2.33. The fraction of sp³-hybridized carbons (Fsp3) is 0.389. The molecule has 2 aliphatic rings. The van der Waals surface area contributed by atoms with Crippen LogP contribution in [0.15, 0.2) is 39.4 Å². The molecule has 0 unspecified atom stereocenters. The van der Waals surface area contributed by atoms with Crippen molar-refractivity contribution in [2.75, 3.05) is 13.1 Å². The first-order valence-electron chi connectivity index (χ1n) is 8.45. The molecule has 2 aromatic heterocycles. The molecule has 136 valence electrons. The van der Waals surface area contributed by atoms with Gasteiger partial charge in [0.2, 0.25) is 0 Å². The first kappa shape index (κ1) is 16.8.